The number of nitrogens with zero attached hydrogens (tertiary/aromatic N) is 1. The SMILES string of the molecule is Cn1ccc(C(=O)N[C@H](CC(N)=O)c2ccccc2)c1-c1ccccc1. The van der Waals surface area contributed by atoms with E-state index in [1.54, 1.807) is 6.07 Å². The summed E-state index contributed by atoms with van der Waals surface area (Å²) in [6.45, 7) is 0. The number of aryl methyl sites for hydroxylation is 1. The van der Waals surface area contributed by atoms with Crippen LogP contribution in [0.4, 0.5) is 0 Å². The summed E-state index contributed by atoms with van der Waals surface area (Å²) in [5.41, 5.74) is 8.56. The first-order valence-corrected chi connectivity index (χ1v) is 8.41. The molecule has 0 spiro atoms. The van der Waals surface area contributed by atoms with E-state index in [0.29, 0.717) is 5.56 Å². The van der Waals surface area contributed by atoms with E-state index in [1.165, 1.54) is 0 Å². The van der Waals surface area contributed by atoms with Gasteiger partial charge in [-0.25, -0.2) is 0 Å². The van der Waals surface area contributed by atoms with Crippen LogP contribution in [-0.4, -0.2) is 16.4 Å². The molecule has 1 heterocycles. The molecule has 0 bridgehead atoms. The molecule has 2 aromatic carbocycles. The van der Waals surface area contributed by atoms with Crippen LogP contribution in [0, 0.1) is 0 Å². The highest BCUT2D eigenvalue weighted by atomic mass is 16.2. The smallest absolute Gasteiger partial charge is 0.253 e. The number of amides is 2. The van der Waals surface area contributed by atoms with Gasteiger partial charge in [-0.05, 0) is 17.2 Å². The van der Waals surface area contributed by atoms with Gasteiger partial charge >= 0.3 is 0 Å². The lowest BCUT2D eigenvalue weighted by atomic mass is 10.0. The number of nitrogens with two attached hydrogens (primary N) is 1. The number of benzene rings is 2. The van der Waals surface area contributed by atoms with E-state index in [1.807, 2.05) is 78.5 Å². The zero-order valence-electron chi connectivity index (χ0n) is 14.6. The Kier molecular flexibility index (Phi) is 5.17. The molecule has 0 aliphatic carbocycles. The fourth-order valence-corrected chi connectivity index (χ4v) is 3.04. The fraction of sp³-hybridized carbons (Fsp3) is 0.143. The number of carbonyl (C=O) groups excluding carboxylic acids is 2. The summed E-state index contributed by atoms with van der Waals surface area (Å²) in [7, 11) is 1.90. The number of carbonyl (C=O) groups is 2. The van der Waals surface area contributed by atoms with Gasteiger partial charge in [0.1, 0.15) is 0 Å². The van der Waals surface area contributed by atoms with Crippen LogP contribution in [0.1, 0.15) is 28.4 Å². The summed E-state index contributed by atoms with van der Waals surface area (Å²) < 4.78 is 1.91. The van der Waals surface area contributed by atoms with E-state index in [4.69, 9.17) is 5.73 Å². The quantitative estimate of drug-likeness (QED) is 0.719. The number of primary amides is 1. The number of rotatable bonds is 6. The highest BCUT2D eigenvalue weighted by molar-refractivity contribution is 6.00. The monoisotopic (exact) mass is 347 g/mol. The van der Waals surface area contributed by atoms with Crippen LogP contribution >= 0.6 is 0 Å². The molecule has 0 saturated carbocycles. The van der Waals surface area contributed by atoms with Crippen molar-refractivity contribution in [2.75, 3.05) is 0 Å². The summed E-state index contributed by atoms with van der Waals surface area (Å²) in [4.78, 5) is 24.4. The predicted octanol–water partition coefficient (Wildman–Crippen LogP) is 3.04. The maximum Gasteiger partial charge on any atom is 0.253 e. The molecule has 132 valence electrons. The van der Waals surface area contributed by atoms with Crippen molar-refractivity contribution in [1.29, 1.82) is 0 Å². The van der Waals surface area contributed by atoms with Crippen LogP contribution in [0.5, 0.6) is 0 Å². The summed E-state index contributed by atoms with van der Waals surface area (Å²) in [5.74, 6) is -0.699. The third kappa shape index (κ3) is 3.83. The van der Waals surface area contributed by atoms with Gasteiger partial charge in [0, 0.05) is 13.2 Å². The highest BCUT2D eigenvalue weighted by Gasteiger charge is 2.21. The van der Waals surface area contributed by atoms with Gasteiger partial charge in [0.05, 0.1) is 23.7 Å². The first kappa shape index (κ1) is 17.5. The van der Waals surface area contributed by atoms with E-state index in [0.717, 1.165) is 16.8 Å². The van der Waals surface area contributed by atoms with Gasteiger partial charge in [-0.15, -0.1) is 0 Å². The van der Waals surface area contributed by atoms with E-state index in [9.17, 15) is 9.59 Å². The molecule has 3 N–H and O–H groups in total. The van der Waals surface area contributed by atoms with E-state index in [-0.39, 0.29) is 12.3 Å². The Hall–Kier alpha value is -3.34. The normalized spacial score (nSPS) is 11.7. The van der Waals surface area contributed by atoms with Crippen molar-refractivity contribution >= 4 is 11.8 Å². The second kappa shape index (κ2) is 7.70. The van der Waals surface area contributed by atoms with Gasteiger partial charge in [-0.2, -0.15) is 0 Å². The minimum Gasteiger partial charge on any atom is -0.370 e. The lowest BCUT2D eigenvalue weighted by molar-refractivity contribution is -0.118. The zero-order valence-corrected chi connectivity index (χ0v) is 14.6. The molecule has 0 radical (unpaired) electrons. The van der Waals surface area contributed by atoms with E-state index >= 15 is 0 Å². The second-order valence-electron chi connectivity index (χ2n) is 6.16. The molecule has 5 heteroatoms. The number of nitrogens with one attached hydrogen (secondary N) is 1. The second-order valence-corrected chi connectivity index (χ2v) is 6.16. The average Bonchev–Trinajstić information content (AvgIpc) is 3.04. The van der Waals surface area contributed by atoms with Crippen LogP contribution in [0.25, 0.3) is 11.3 Å². The molecule has 3 aromatic rings. The van der Waals surface area contributed by atoms with Crippen molar-refractivity contribution < 1.29 is 9.59 Å². The Morgan fingerprint density at radius 2 is 1.62 bits per heavy atom. The summed E-state index contributed by atoms with van der Waals surface area (Å²) in [6.07, 6.45) is 1.89. The molecule has 3 rings (SSSR count). The van der Waals surface area contributed by atoms with Crippen LogP contribution < -0.4 is 11.1 Å². The largest absolute Gasteiger partial charge is 0.370 e. The Bertz CT molecular complexity index is 902. The molecule has 0 unspecified atom stereocenters. The van der Waals surface area contributed by atoms with Crippen LogP contribution in [-0.2, 0) is 11.8 Å². The fourth-order valence-electron chi connectivity index (χ4n) is 3.04. The van der Waals surface area contributed by atoms with Gasteiger partial charge < -0.3 is 15.6 Å². The molecule has 0 saturated heterocycles. The van der Waals surface area contributed by atoms with E-state index < -0.39 is 11.9 Å². The van der Waals surface area contributed by atoms with Gasteiger partial charge in [0.25, 0.3) is 5.91 Å². The maximum absolute atomic E-state index is 12.9. The Morgan fingerprint density at radius 3 is 2.23 bits per heavy atom. The molecule has 5 nitrogen and oxygen atoms in total. The first-order valence-electron chi connectivity index (χ1n) is 8.41. The summed E-state index contributed by atoms with van der Waals surface area (Å²) in [5, 5.41) is 2.95. The van der Waals surface area contributed by atoms with Crippen molar-refractivity contribution in [2.45, 2.75) is 12.5 Å². The molecular formula is C21H21N3O2. The Balaban J connectivity index is 1.91. The molecule has 26 heavy (non-hydrogen) atoms. The van der Waals surface area contributed by atoms with Crippen molar-refractivity contribution in [1.82, 2.24) is 9.88 Å². The lowest BCUT2D eigenvalue weighted by Gasteiger charge is -2.18. The maximum atomic E-state index is 12.9. The summed E-state index contributed by atoms with van der Waals surface area (Å²) >= 11 is 0. The molecule has 1 atom stereocenters. The van der Waals surface area contributed by atoms with Crippen LogP contribution in [0.3, 0.4) is 0 Å². The average molecular weight is 347 g/mol. The number of hydrogen-bond acceptors (Lipinski definition) is 2. The predicted molar refractivity (Wildman–Crippen MR) is 101 cm³/mol. The van der Waals surface area contributed by atoms with Crippen molar-refractivity contribution in [3.05, 3.63) is 84.1 Å². The summed E-state index contributed by atoms with van der Waals surface area (Å²) in [6, 6.07) is 20.4. The molecule has 0 fully saturated rings. The minimum atomic E-state index is -0.468. The Morgan fingerprint density at radius 1 is 1.00 bits per heavy atom. The van der Waals surface area contributed by atoms with Gasteiger partial charge in [-0.1, -0.05) is 60.7 Å². The minimum absolute atomic E-state index is 0.0449. The standard InChI is InChI=1S/C21H21N3O2/c1-24-13-12-17(20(24)16-10-6-3-7-11-16)21(26)23-18(14-19(22)25)15-8-4-2-5-9-15/h2-13,18H,14H2,1H3,(H2,22,25)(H,23,26)/t18-/m1/s1. The number of aromatic nitrogens is 1. The van der Waals surface area contributed by atoms with Crippen molar-refractivity contribution in [3.63, 3.8) is 0 Å². The van der Waals surface area contributed by atoms with Crippen LogP contribution in [0.15, 0.2) is 72.9 Å². The molecule has 0 aliphatic heterocycles. The first-order chi connectivity index (χ1) is 12.6. The van der Waals surface area contributed by atoms with Crippen molar-refractivity contribution in [2.24, 2.45) is 12.8 Å². The topological polar surface area (TPSA) is 77.1 Å². The van der Waals surface area contributed by atoms with Crippen molar-refractivity contribution in [3.8, 4) is 11.3 Å². The third-order valence-corrected chi connectivity index (χ3v) is 4.28. The Labute approximate surface area is 152 Å². The van der Waals surface area contributed by atoms with Gasteiger partial charge in [0.2, 0.25) is 5.91 Å². The zero-order chi connectivity index (χ0) is 18.5. The van der Waals surface area contributed by atoms with Crippen LogP contribution in [0.2, 0.25) is 0 Å². The van der Waals surface area contributed by atoms with Gasteiger partial charge in [0.15, 0.2) is 0 Å². The molecule has 1 aromatic heterocycles. The molecule has 0 aliphatic rings. The molecule has 2 amide bonds. The molecular weight excluding hydrogens is 326 g/mol. The number of hydrogen-bond donors (Lipinski definition) is 2. The van der Waals surface area contributed by atoms with Gasteiger partial charge in [-0.3, -0.25) is 9.59 Å². The van der Waals surface area contributed by atoms with E-state index in [2.05, 4.69) is 5.32 Å². The lowest BCUT2D eigenvalue weighted by Crippen LogP contribution is -2.32. The highest BCUT2D eigenvalue weighted by Crippen LogP contribution is 2.25. The third-order valence-electron chi connectivity index (χ3n) is 4.28.